The van der Waals surface area contributed by atoms with Crippen LogP contribution in [0.15, 0.2) is 47.4 Å². The Balaban J connectivity index is 1.61. The molecule has 2 aromatic carbocycles. The van der Waals surface area contributed by atoms with Crippen LogP contribution in [0.3, 0.4) is 0 Å². The van der Waals surface area contributed by atoms with E-state index in [1.54, 1.807) is 12.1 Å². The van der Waals surface area contributed by atoms with Crippen LogP contribution in [-0.2, 0) is 10.0 Å². The monoisotopic (exact) mass is 403 g/mol. The zero-order valence-corrected chi connectivity index (χ0v) is 17.5. The average molecular weight is 404 g/mol. The van der Waals surface area contributed by atoms with Crippen molar-refractivity contribution in [2.24, 2.45) is 0 Å². The van der Waals surface area contributed by atoms with Crippen LogP contribution in [0.25, 0.3) is 0 Å². The second-order valence-corrected chi connectivity index (χ2v) is 9.26. The average Bonchev–Trinajstić information content (AvgIpc) is 2.65. The predicted octanol–water partition coefficient (Wildman–Crippen LogP) is 3.32. The number of rotatable bonds is 3. The van der Waals surface area contributed by atoms with Crippen molar-refractivity contribution in [2.45, 2.75) is 25.7 Å². The molecule has 1 aliphatic rings. The van der Waals surface area contributed by atoms with Gasteiger partial charge in [0.2, 0.25) is 10.0 Å². The number of sulfonamides is 1. The summed E-state index contributed by atoms with van der Waals surface area (Å²) in [5, 5.41) is 3.89. The normalized spacial score (nSPS) is 15.6. The summed E-state index contributed by atoms with van der Waals surface area (Å²) >= 11 is 5.52. The van der Waals surface area contributed by atoms with Crippen LogP contribution in [-0.4, -0.2) is 48.9 Å². The second-order valence-electron chi connectivity index (χ2n) is 6.93. The van der Waals surface area contributed by atoms with Crippen molar-refractivity contribution in [3.8, 4) is 0 Å². The van der Waals surface area contributed by atoms with Gasteiger partial charge in [-0.2, -0.15) is 4.31 Å². The van der Waals surface area contributed by atoms with Gasteiger partial charge in [0.05, 0.1) is 4.90 Å². The number of aryl methyl sites for hydroxylation is 3. The molecule has 0 unspecified atom stereocenters. The molecule has 0 bridgehead atoms. The van der Waals surface area contributed by atoms with Gasteiger partial charge >= 0.3 is 0 Å². The van der Waals surface area contributed by atoms with Crippen molar-refractivity contribution in [3.63, 3.8) is 0 Å². The summed E-state index contributed by atoms with van der Waals surface area (Å²) in [6.45, 7) is 8.07. The number of anilines is 1. The maximum atomic E-state index is 12.8. The first-order chi connectivity index (χ1) is 12.8. The summed E-state index contributed by atoms with van der Waals surface area (Å²) in [7, 11) is -3.45. The van der Waals surface area contributed by atoms with Crippen molar-refractivity contribution in [1.82, 2.24) is 9.21 Å². The number of nitrogens with one attached hydrogen (secondary N) is 1. The highest BCUT2D eigenvalue weighted by atomic mass is 32.2. The molecule has 1 N–H and O–H groups in total. The maximum Gasteiger partial charge on any atom is 0.243 e. The molecule has 0 aliphatic carbocycles. The Morgan fingerprint density at radius 1 is 0.926 bits per heavy atom. The Labute approximate surface area is 167 Å². The van der Waals surface area contributed by atoms with Gasteiger partial charge in [-0.3, -0.25) is 0 Å². The topological polar surface area (TPSA) is 52.7 Å². The molecule has 0 saturated carbocycles. The smallest absolute Gasteiger partial charge is 0.243 e. The number of benzene rings is 2. The number of hydrogen-bond acceptors (Lipinski definition) is 3. The van der Waals surface area contributed by atoms with Gasteiger partial charge in [0.25, 0.3) is 0 Å². The predicted molar refractivity (Wildman–Crippen MR) is 114 cm³/mol. The lowest BCUT2D eigenvalue weighted by atomic mass is 10.1. The fraction of sp³-hybridized carbons (Fsp3) is 0.350. The zero-order chi connectivity index (χ0) is 19.6. The lowest BCUT2D eigenvalue weighted by Crippen LogP contribution is -2.51. The molecule has 0 amide bonds. The number of piperazine rings is 1. The van der Waals surface area contributed by atoms with Crippen LogP contribution in [0.5, 0.6) is 0 Å². The number of hydrogen-bond donors (Lipinski definition) is 1. The zero-order valence-electron chi connectivity index (χ0n) is 15.9. The molecule has 2 aromatic rings. The van der Waals surface area contributed by atoms with Crippen LogP contribution < -0.4 is 5.32 Å². The Morgan fingerprint density at radius 2 is 1.56 bits per heavy atom. The van der Waals surface area contributed by atoms with Crippen LogP contribution in [0.1, 0.15) is 16.7 Å². The van der Waals surface area contributed by atoms with Crippen molar-refractivity contribution < 1.29 is 8.42 Å². The first-order valence-corrected chi connectivity index (χ1v) is 10.8. The molecule has 3 rings (SSSR count). The minimum absolute atomic E-state index is 0.345. The molecule has 5 nitrogen and oxygen atoms in total. The minimum Gasteiger partial charge on any atom is -0.346 e. The van der Waals surface area contributed by atoms with E-state index >= 15 is 0 Å². The van der Waals surface area contributed by atoms with E-state index in [4.69, 9.17) is 12.2 Å². The summed E-state index contributed by atoms with van der Waals surface area (Å²) in [6, 6.07) is 13.1. The third kappa shape index (κ3) is 4.48. The van der Waals surface area contributed by atoms with Crippen LogP contribution in [0.4, 0.5) is 5.69 Å². The van der Waals surface area contributed by atoms with E-state index < -0.39 is 10.0 Å². The number of nitrogens with zero attached hydrogens (tertiary/aromatic N) is 2. The van der Waals surface area contributed by atoms with Crippen molar-refractivity contribution >= 4 is 33.0 Å². The van der Waals surface area contributed by atoms with Crippen molar-refractivity contribution in [3.05, 3.63) is 59.2 Å². The molecule has 0 spiro atoms. The second kappa shape index (κ2) is 7.96. The van der Waals surface area contributed by atoms with Gasteiger partial charge < -0.3 is 10.2 Å². The first kappa shape index (κ1) is 19.8. The van der Waals surface area contributed by atoms with E-state index in [-0.39, 0.29) is 0 Å². The fourth-order valence-corrected chi connectivity index (χ4v) is 4.74. The van der Waals surface area contributed by atoms with Crippen molar-refractivity contribution in [2.75, 3.05) is 31.5 Å². The molecule has 1 saturated heterocycles. The van der Waals surface area contributed by atoms with Gasteiger partial charge in [0.1, 0.15) is 0 Å². The molecule has 1 heterocycles. The van der Waals surface area contributed by atoms with Crippen LogP contribution in [0, 0.1) is 20.8 Å². The van der Waals surface area contributed by atoms with E-state index in [0.717, 1.165) is 11.3 Å². The fourth-order valence-electron chi connectivity index (χ4n) is 3.01. The minimum atomic E-state index is -3.45. The van der Waals surface area contributed by atoms with E-state index in [0.29, 0.717) is 36.2 Å². The SMILES string of the molecule is Cc1ccc(S(=O)(=O)N2CCN(C(=S)Nc3ccc(C)c(C)c3)CC2)cc1. The van der Waals surface area contributed by atoms with Gasteiger partial charge in [-0.15, -0.1) is 0 Å². The molecule has 0 atom stereocenters. The maximum absolute atomic E-state index is 12.8. The molecule has 0 aromatic heterocycles. The number of thiocarbonyl (C=S) groups is 1. The van der Waals surface area contributed by atoms with Gasteiger partial charge in [-0.05, 0) is 68.4 Å². The van der Waals surface area contributed by atoms with E-state index in [9.17, 15) is 8.42 Å². The molecule has 1 aliphatic heterocycles. The molecule has 0 radical (unpaired) electrons. The van der Waals surface area contributed by atoms with Gasteiger partial charge in [0.15, 0.2) is 5.11 Å². The summed E-state index contributed by atoms with van der Waals surface area (Å²) in [6.07, 6.45) is 0. The quantitative estimate of drug-likeness (QED) is 0.797. The highest BCUT2D eigenvalue weighted by Gasteiger charge is 2.29. The van der Waals surface area contributed by atoms with E-state index in [2.05, 4.69) is 31.3 Å². The molecule has 1 fully saturated rings. The first-order valence-electron chi connectivity index (χ1n) is 8.97. The largest absolute Gasteiger partial charge is 0.346 e. The lowest BCUT2D eigenvalue weighted by Gasteiger charge is -2.35. The van der Waals surface area contributed by atoms with Crippen LogP contribution in [0.2, 0.25) is 0 Å². The van der Waals surface area contributed by atoms with Gasteiger partial charge in [0, 0.05) is 31.9 Å². The highest BCUT2D eigenvalue weighted by Crippen LogP contribution is 2.19. The molecular formula is C20H25N3O2S2. The summed E-state index contributed by atoms with van der Waals surface area (Å²) < 4.78 is 27.1. The lowest BCUT2D eigenvalue weighted by molar-refractivity contribution is 0.268. The van der Waals surface area contributed by atoms with E-state index in [1.807, 2.05) is 30.0 Å². The van der Waals surface area contributed by atoms with Gasteiger partial charge in [-0.1, -0.05) is 23.8 Å². The summed E-state index contributed by atoms with van der Waals surface area (Å²) in [5.74, 6) is 0. The summed E-state index contributed by atoms with van der Waals surface area (Å²) in [5.41, 5.74) is 4.44. The Kier molecular flexibility index (Phi) is 5.83. The Bertz CT molecular complexity index is 932. The van der Waals surface area contributed by atoms with Crippen molar-refractivity contribution in [1.29, 1.82) is 0 Å². The van der Waals surface area contributed by atoms with Crippen LogP contribution >= 0.6 is 12.2 Å². The standard InChI is InChI=1S/C20H25N3O2S2/c1-15-4-8-19(9-5-15)27(24,25)23-12-10-22(11-13-23)20(26)21-18-7-6-16(2)17(3)14-18/h4-9,14H,10-13H2,1-3H3,(H,21,26). The summed E-state index contributed by atoms with van der Waals surface area (Å²) in [4.78, 5) is 2.36. The molecule has 144 valence electrons. The third-order valence-electron chi connectivity index (χ3n) is 4.94. The molecular weight excluding hydrogens is 378 g/mol. The Morgan fingerprint density at radius 3 is 2.15 bits per heavy atom. The third-order valence-corrected chi connectivity index (χ3v) is 7.22. The van der Waals surface area contributed by atoms with Gasteiger partial charge in [-0.25, -0.2) is 8.42 Å². The molecule has 27 heavy (non-hydrogen) atoms. The van der Waals surface area contributed by atoms with E-state index in [1.165, 1.54) is 15.4 Å². The highest BCUT2D eigenvalue weighted by molar-refractivity contribution is 7.89. The molecule has 7 heteroatoms. The Hall–Kier alpha value is -1.96.